The normalized spacial score (nSPS) is 10.3. The van der Waals surface area contributed by atoms with Crippen molar-refractivity contribution in [1.82, 2.24) is 15.1 Å². The summed E-state index contributed by atoms with van der Waals surface area (Å²) in [6.07, 6.45) is 4.92. The maximum Gasteiger partial charge on any atom is 0.0666 e. The van der Waals surface area contributed by atoms with Gasteiger partial charge >= 0.3 is 0 Å². The minimum atomic E-state index is 0.845. The molecule has 0 amide bonds. The Morgan fingerprint density at radius 3 is 3.08 bits per heavy atom. The number of nitrogens with zero attached hydrogens (tertiary/aromatic N) is 2. The zero-order valence-electron chi connectivity index (χ0n) is 8.38. The van der Waals surface area contributed by atoms with Gasteiger partial charge in [0.25, 0.3) is 0 Å². The Bertz CT molecular complexity index is 276. The van der Waals surface area contributed by atoms with Crippen molar-refractivity contribution >= 4 is 0 Å². The first-order chi connectivity index (χ1) is 6.27. The van der Waals surface area contributed by atoms with E-state index in [4.69, 9.17) is 0 Å². The second-order valence-electron chi connectivity index (χ2n) is 3.05. The number of rotatable bonds is 5. The van der Waals surface area contributed by atoms with E-state index in [1.807, 2.05) is 17.8 Å². The number of aromatic nitrogens is 2. The summed E-state index contributed by atoms with van der Waals surface area (Å²) in [7, 11) is 1.95. The van der Waals surface area contributed by atoms with Crippen LogP contribution in [0.25, 0.3) is 0 Å². The minimum Gasteiger partial charge on any atom is -0.309 e. The highest BCUT2D eigenvalue weighted by atomic mass is 15.3. The van der Waals surface area contributed by atoms with Crippen molar-refractivity contribution in [3.05, 3.63) is 30.1 Å². The molecular formula is C10H17N3. The fourth-order valence-electron chi connectivity index (χ4n) is 1.34. The average molecular weight is 179 g/mol. The molecule has 0 fully saturated rings. The Morgan fingerprint density at radius 1 is 1.69 bits per heavy atom. The molecule has 0 atom stereocenters. The predicted octanol–water partition coefficient (Wildman–Crippen LogP) is 1.26. The van der Waals surface area contributed by atoms with Gasteiger partial charge in [0, 0.05) is 31.9 Å². The molecule has 0 saturated carbocycles. The van der Waals surface area contributed by atoms with Crippen LogP contribution in [-0.4, -0.2) is 16.3 Å². The third-order valence-corrected chi connectivity index (χ3v) is 1.93. The van der Waals surface area contributed by atoms with E-state index in [0.29, 0.717) is 0 Å². The van der Waals surface area contributed by atoms with E-state index in [1.165, 1.54) is 11.3 Å². The topological polar surface area (TPSA) is 29.9 Å². The summed E-state index contributed by atoms with van der Waals surface area (Å²) in [6.45, 7) is 7.50. The van der Waals surface area contributed by atoms with E-state index in [-0.39, 0.29) is 0 Å². The molecule has 0 unspecified atom stereocenters. The third kappa shape index (κ3) is 2.70. The van der Waals surface area contributed by atoms with Gasteiger partial charge in [-0.2, -0.15) is 5.10 Å². The van der Waals surface area contributed by atoms with Crippen LogP contribution in [0.3, 0.4) is 0 Å². The van der Waals surface area contributed by atoms with Crippen LogP contribution in [-0.2, 0) is 20.0 Å². The van der Waals surface area contributed by atoms with Gasteiger partial charge in [0.05, 0.1) is 5.69 Å². The van der Waals surface area contributed by atoms with Crippen molar-refractivity contribution in [2.75, 3.05) is 6.54 Å². The average Bonchev–Trinajstić information content (AvgIpc) is 2.47. The molecule has 1 aromatic heterocycles. The minimum absolute atomic E-state index is 0.845. The smallest absolute Gasteiger partial charge is 0.0666 e. The quantitative estimate of drug-likeness (QED) is 0.544. The number of hydrogen-bond donors (Lipinski definition) is 1. The van der Waals surface area contributed by atoms with Crippen LogP contribution in [0.15, 0.2) is 18.9 Å². The molecule has 0 aliphatic rings. The monoisotopic (exact) mass is 179 g/mol. The van der Waals surface area contributed by atoms with Crippen molar-refractivity contribution in [2.45, 2.75) is 19.9 Å². The lowest BCUT2D eigenvalue weighted by molar-refractivity contribution is 0.746. The van der Waals surface area contributed by atoms with Crippen molar-refractivity contribution in [2.24, 2.45) is 7.05 Å². The van der Waals surface area contributed by atoms with E-state index in [2.05, 4.69) is 30.1 Å². The fraction of sp³-hybridized carbons (Fsp3) is 0.500. The highest BCUT2D eigenvalue weighted by Gasteiger charge is 2.03. The van der Waals surface area contributed by atoms with Gasteiger partial charge in [0.15, 0.2) is 0 Å². The number of aryl methyl sites for hydroxylation is 2. The summed E-state index contributed by atoms with van der Waals surface area (Å²) in [5.41, 5.74) is 2.46. The first-order valence-corrected chi connectivity index (χ1v) is 4.61. The molecule has 1 aromatic rings. The van der Waals surface area contributed by atoms with Crippen LogP contribution in [0.5, 0.6) is 0 Å². The Balaban J connectivity index is 2.58. The lowest BCUT2D eigenvalue weighted by Gasteiger charge is -1.99. The summed E-state index contributed by atoms with van der Waals surface area (Å²) in [5.74, 6) is 0. The molecular weight excluding hydrogens is 162 g/mol. The molecule has 0 bridgehead atoms. The van der Waals surface area contributed by atoms with E-state index in [1.54, 1.807) is 0 Å². The van der Waals surface area contributed by atoms with E-state index in [0.717, 1.165) is 19.5 Å². The molecule has 72 valence electrons. The molecule has 0 spiro atoms. The van der Waals surface area contributed by atoms with Gasteiger partial charge in [-0.3, -0.25) is 4.68 Å². The predicted molar refractivity (Wildman–Crippen MR) is 54.5 cm³/mol. The van der Waals surface area contributed by atoms with Crippen LogP contribution in [0.1, 0.15) is 18.2 Å². The second kappa shape index (κ2) is 4.82. The highest BCUT2D eigenvalue weighted by molar-refractivity contribution is 5.16. The molecule has 0 aliphatic heterocycles. The molecule has 0 aromatic carbocycles. The Hall–Kier alpha value is -1.09. The zero-order chi connectivity index (χ0) is 9.68. The number of nitrogens with one attached hydrogen (secondary N) is 1. The van der Waals surface area contributed by atoms with Crippen molar-refractivity contribution in [1.29, 1.82) is 0 Å². The fourth-order valence-corrected chi connectivity index (χ4v) is 1.34. The molecule has 1 heterocycles. The van der Waals surface area contributed by atoms with Crippen molar-refractivity contribution < 1.29 is 0 Å². The summed E-state index contributed by atoms with van der Waals surface area (Å²) < 4.78 is 1.86. The van der Waals surface area contributed by atoms with Gasteiger partial charge in [-0.1, -0.05) is 13.0 Å². The Morgan fingerprint density at radius 2 is 2.46 bits per heavy atom. The summed E-state index contributed by atoms with van der Waals surface area (Å²) in [6, 6.07) is 0. The SMILES string of the molecule is C=CCNCc1cn(C)nc1CC. The third-order valence-electron chi connectivity index (χ3n) is 1.93. The maximum absolute atomic E-state index is 4.36. The largest absolute Gasteiger partial charge is 0.309 e. The lowest BCUT2D eigenvalue weighted by atomic mass is 10.2. The zero-order valence-corrected chi connectivity index (χ0v) is 8.38. The molecule has 1 N–H and O–H groups in total. The summed E-state index contributed by atoms with van der Waals surface area (Å²) in [4.78, 5) is 0. The number of hydrogen-bond acceptors (Lipinski definition) is 2. The van der Waals surface area contributed by atoms with Gasteiger partial charge in [0.2, 0.25) is 0 Å². The van der Waals surface area contributed by atoms with Crippen molar-refractivity contribution in [3.8, 4) is 0 Å². The molecule has 13 heavy (non-hydrogen) atoms. The van der Waals surface area contributed by atoms with E-state index < -0.39 is 0 Å². The molecule has 1 rings (SSSR count). The van der Waals surface area contributed by atoms with Gasteiger partial charge in [-0.05, 0) is 6.42 Å². The summed E-state index contributed by atoms with van der Waals surface area (Å²) >= 11 is 0. The summed E-state index contributed by atoms with van der Waals surface area (Å²) in [5, 5.41) is 7.63. The molecule has 3 nitrogen and oxygen atoms in total. The van der Waals surface area contributed by atoms with Gasteiger partial charge in [-0.15, -0.1) is 6.58 Å². The molecule has 0 aliphatic carbocycles. The first-order valence-electron chi connectivity index (χ1n) is 4.61. The van der Waals surface area contributed by atoms with E-state index >= 15 is 0 Å². The van der Waals surface area contributed by atoms with E-state index in [9.17, 15) is 0 Å². The van der Waals surface area contributed by atoms with Crippen LogP contribution >= 0.6 is 0 Å². The molecule has 3 heteroatoms. The lowest BCUT2D eigenvalue weighted by Crippen LogP contribution is -2.13. The molecule has 0 saturated heterocycles. The van der Waals surface area contributed by atoms with Crippen LogP contribution in [0, 0.1) is 0 Å². The van der Waals surface area contributed by atoms with Gasteiger partial charge in [-0.25, -0.2) is 0 Å². The van der Waals surface area contributed by atoms with Crippen LogP contribution in [0.4, 0.5) is 0 Å². The first kappa shape index (κ1) is 9.99. The highest BCUT2D eigenvalue weighted by Crippen LogP contribution is 2.06. The van der Waals surface area contributed by atoms with Crippen molar-refractivity contribution in [3.63, 3.8) is 0 Å². The van der Waals surface area contributed by atoms with Crippen LogP contribution in [0.2, 0.25) is 0 Å². The van der Waals surface area contributed by atoms with Crippen LogP contribution < -0.4 is 5.32 Å². The van der Waals surface area contributed by atoms with Gasteiger partial charge < -0.3 is 5.32 Å². The standard InChI is InChI=1S/C10H17N3/c1-4-6-11-7-9-8-13(3)12-10(9)5-2/h4,8,11H,1,5-7H2,2-3H3. The molecule has 0 radical (unpaired) electrons. The van der Waals surface area contributed by atoms with Gasteiger partial charge in [0.1, 0.15) is 0 Å². The Kier molecular flexibility index (Phi) is 3.71. The Labute approximate surface area is 79.5 Å². The second-order valence-corrected chi connectivity index (χ2v) is 3.05. The maximum atomic E-state index is 4.36.